The molecule has 0 saturated carbocycles. The highest BCUT2D eigenvalue weighted by Crippen LogP contribution is 2.58. The fraction of sp³-hybridized carbons (Fsp3) is 0.120. The third-order valence-electron chi connectivity index (χ3n) is 10.8. The molecule has 0 N–H and O–H groups in total. The molecule has 0 atom stereocenters. The topological polar surface area (TPSA) is 72.5 Å². The first-order valence-corrected chi connectivity index (χ1v) is 18.7. The van der Waals surface area contributed by atoms with Crippen molar-refractivity contribution in [1.82, 2.24) is 0 Å². The minimum absolute atomic E-state index is 0.635. The van der Waals surface area contributed by atoms with Crippen molar-refractivity contribution >= 4 is 34.1 Å². The Balaban J connectivity index is 1.44. The van der Waals surface area contributed by atoms with E-state index in [0.29, 0.717) is 11.1 Å². The van der Waals surface area contributed by atoms with E-state index in [0.717, 1.165) is 113 Å². The summed E-state index contributed by atoms with van der Waals surface area (Å²) in [4.78, 5) is 4.63. The fourth-order valence-electron chi connectivity index (χ4n) is 7.89. The van der Waals surface area contributed by atoms with Crippen LogP contribution in [0.15, 0.2) is 121 Å². The van der Waals surface area contributed by atoms with Crippen molar-refractivity contribution in [1.29, 1.82) is 10.5 Å². The number of ether oxygens (including phenoxy) is 2. The van der Waals surface area contributed by atoms with E-state index in [1.807, 2.05) is 62.4 Å². The van der Waals surface area contributed by atoms with Gasteiger partial charge in [-0.2, -0.15) is 10.5 Å². The van der Waals surface area contributed by atoms with Gasteiger partial charge in [-0.1, -0.05) is 48.5 Å². The van der Waals surface area contributed by atoms with Gasteiger partial charge in [0.05, 0.1) is 57.4 Å². The third kappa shape index (κ3) is 5.72. The molecular formula is C50H38N4O2. The summed E-state index contributed by atoms with van der Waals surface area (Å²) in [5.74, 6) is 3.04. The zero-order chi connectivity index (χ0) is 38.8. The summed E-state index contributed by atoms with van der Waals surface area (Å²) in [6.07, 6.45) is 0. The van der Waals surface area contributed by atoms with Crippen LogP contribution < -0.4 is 19.3 Å². The van der Waals surface area contributed by atoms with Gasteiger partial charge in [0.25, 0.3) is 0 Å². The predicted octanol–water partition coefficient (Wildman–Crippen LogP) is 13.8. The van der Waals surface area contributed by atoms with Crippen LogP contribution in [0.2, 0.25) is 0 Å². The van der Waals surface area contributed by atoms with Gasteiger partial charge in [-0.05, 0) is 159 Å². The van der Waals surface area contributed by atoms with Crippen molar-refractivity contribution in [2.24, 2.45) is 0 Å². The van der Waals surface area contributed by atoms with Crippen LogP contribution in [0.5, 0.6) is 23.0 Å². The average molecular weight is 727 g/mol. The number of fused-ring (bicyclic) bond motifs is 4. The minimum atomic E-state index is 0.635. The summed E-state index contributed by atoms with van der Waals surface area (Å²) in [5.41, 5.74) is 17.0. The molecule has 0 aromatic heterocycles. The Labute approximate surface area is 327 Å². The standard InChI is InChI=1S/C50H38N4O2/c1-29-7-15-47-43(19-29)53(44-20-30(2)8-16-48(44)55-47)41-25-40(36-12-14-38(28-52)34(6)24-36)42(26-39(41)35-11-13-37(27-51)33(5)23-35)54-45-21-31(3)9-17-49(45)56-50-18-10-32(4)22-46(50)54/h7-26H,1-6H3. The molecule has 0 unspecified atom stereocenters. The lowest BCUT2D eigenvalue weighted by Crippen LogP contribution is -2.19. The molecule has 0 amide bonds. The molecule has 56 heavy (non-hydrogen) atoms. The van der Waals surface area contributed by atoms with Gasteiger partial charge in [0.2, 0.25) is 0 Å². The Bertz CT molecular complexity index is 2580. The Morgan fingerprint density at radius 2 is 0.696 bits per heavy atom. The van der Waals surface area contributed by atoms with E-state index in [1.54, 1.807) is 0 Å². The molecule has 7 aromatic rings. The molecule has 0 fully saturated rings. The van der Waals surface area contributed by atoms with Crippen LogP contribution >= 0.6 is 0 Å². The molecule has 9 rings (SSSR count). The second kappa shape index (κ2) is 13.2. The first-order chi connectivity index (χ1) is 27.1. The summed E-state index contributed by atoms with van der Waals surface area (Å²) in [7, 11) is 0. The molecule has 2 aliphatic heterocycles. The number of aryl methyl sites for hydroxylation is 6. The van der Waals surface area contributed by atoms with Crippen LogP contribution in [0.4, 0.5) is 34.1 Å². The number of nitrogens with zero attached hydrogens (tertiary/aromatic N) is 4. The van der Waals surface area contributed by atoms with E-state index >= 15 is 0 Å². The number of benzene rings is 7. The largest absolute Gasteiger partial charge is 0.453 e. The number of rotatable bonds is 4. The van der Waals surface area contributed by atoms with E-state index < -0.39 is 0 Å². The zero-order valence-corrected chi connectivity index (χ0v) is 32.2. The van der Waals surface area contributed by atoms with Crippen molar-refractivity contribution in [3.05, 3.63) is 166 Å². The van der Waals surface area contributed by atoms with Gasteiger partial charge >= 0.3 is 0 Å². The van der Waals surface area contributed by atoms with Gasteiger partial charge < -0.3 is 19.3 Å². The maximum atomic E-state index is 9.97. The van der Waals surface area contributed by atoms with E-state index in [-0.39, 0.29) is 0 Å². The normalized spacial score (nSPS) is 12.3. The van der Waals surface area contributed by atoms with Crippen LogP contribution in [-0.4, -0.2) is 0 Å². The molecule has 6 nitrogen and oxygen atoms in total. The van der Waals surface area contributed by atoms with Crippen molar-refractivity contribution in [2.75, 3.05) is 9.80 Å². The number of hydrogen-bond acceptors (Lipinski definition) is 6. The Hall–Kier alpha value is -7.28. The van der Waals surface area contributed by atoms with Gasteiger partial charge in [0, 0.05) is 11.1 Å². The van der Waals surface area contributed by atoms with Crippen molar-refractivity contribution in [3.63, 3.8) is 0 Å². The lowest BCUT2D eigenvalue weighted by atomic mass is 9.91. The van der Waals surface area contributed by atoms with Gasteiger partial charge in [0.1, 0.15) is 0 Å². The van der Waals surface area contributed by atoms with E-state index in [4.69, 9.17) is 9.47 Å². The molecule has 2 aliphatic rings. The SMILES string of the molecule is Cc1ccc2c(c1)N(c1cc(-c3ccc(C#N)c(C)c3)c(N3c4cc(C)ccc4Oc4ccc(C)cc43)cc1-c1ccc(C#N)c(C)c1)c1cc(C)ccc1O2. The lowest BCUT2D eigenvalue weighted by molar-refractivity contribution is 0.476. The van der Waals surface area contributed by atoms with Crippen LogP contribution in [0.3, 0.4) is 0 Å². The van der Waals surface area contributed by atoms with Gasteiger partial charge in [0.15, 0.2) is 23.0 Å². The quantitative estimate of drug-likeness (QED) is 0.180. The molecule has 0 radical (unpaired) electrons. The van der Waals surface area contributed by atoms with Gasteiger partial charge in [-0.3, -0.25) is 0 Å². The first kappa shape index (κ1) is 34.5. The van der Waals surface area contributed by atoms with Crippen molar-refractivity contribution in [3.8, 4) is 57.4 Å². The van der Waals surface area contributed by atoms with E-state index in [2.05, 4.69) is 122 Å². The average Bonchev–Trinajstić information content (AvgIpc) is 3.19. The van der Waals surface area contributed by atoms with Crippen molar-refractivity contribution < 1.29 is 9.47 Å². The van der Waals surface area contributed by atoms with Crippen LogP contribution in [0.1, 0.15) is 44.5 Å². The summed E-state index contributed by atoms with van der Waals surface area (Å²) < 4.78 is 13.2. The molecular weight excluding hydrogens is 689 g/mol. The number of nitriles is 2. The van der Waals surface area contributed by atoms with Gasteiger partial charge in [-0.15, -0.1) is 0 Å². The summed E-state index contributed by atoms with van der Waals surface area (Å²) in [6, 6.07) is 46.6. The maximum Gasteiger partial charge on any atom is 0.151 e. The molecule has 0 aliphatic carbocycles. The highest BCUT2D eigenvalue weighted by Gasteiger charge is 2.33. The molecule has 6 heteroatoms. The predicted molar refractivity (Wildman–Crippen MR) is 225 cm³/mol. The van der Waals surface area contributed by atoms with E-state index in [1.165, 1.54) is 0 Å². The van der Waals surface area contributed by atoms with Crippen LogP contribution in [-0.2, 0) is 0 Å². The minimum Gasteiger partial charge on any atom is -0.453 e. The van der Waals surface area contributed by atoms with Crippen LogP contribution in [0, 0.1) is 64.2 Å². The monoisotopic (exact) mass is 726 g/mol. The zero-order valence-electron chi connectivity index (χ0n) is 32.2. The molecule has 0 saturated heterocycles. The smallest absolute Gasteiger partial charge is 0.151 e. The third-order valence-corrected chi connectivity index (χ3v) is 10.8. The molecule has 0 bridgehead atoms. The number of anilines is 6. The molecule has 2 heterocycles. The lowest BCUT2D eigenvalue weighted by Gasteiger charge is -2.38. The highest BCUT2D eigenvalue weighted by atomic mass is 16.5. The van der Waals surface area contributed by atoms with Crippen LogP contribution in [0.25, 0.3) is 22.3 Å². The van der Waals surface area contributed by atoms with Crippen molar-refractivity contribution in [2.45, 2.75) is 41.5 Å². The Morgan fingerprint density at radius 3 is 0.982 bits per heavy atom. The fourth-order valence-corrected chi connectivity index (χ4v) is 7.89. The summed E-state index contributed by atoms with van der Waals surface area (Å²) in [6.45, 7) is 12.4. The van der Waals surface area contributed by atoms with Gasteiger partial charge in [-0.25, -0.2) is 0 Å². The summed E-state index contributed by atoms with van der Waals surface area (Å²) in [5, 5.41) is 19.9. The molecule has 270 valence electrons. The maximum absolute atomic E-state index is 9.97. The second-order valence-corrected chi connectivity index (χ2v) is 14.9. The Morgan fingerprint density at radius 1 is 0.375 bits per heavy atom. The highest BCUT2D eigenvalue weighted by molar-refractivity contribution is 6.02. The first-order valence-electron chi connectivity index (χ1n) is 18.7. The molecule has 7 aromatic carbocycles. The molecule has 0 spiro atoms. The number of hydrogen-bond donors (Lipinski definition) is 0. The van der Waals surface area contributed by atoms with E-state index in [9.17, 15) is 10.5 Å². The summed E-state index contributed by atoms with van der Waals surface area (Å²) >= 11 is 0. The second-order valence-electron chi connectivity index (χ2n) is 14.9. The Kier molecular flexibility index (Phi) is 8.15.